The Balaban J connectivity index is 3.06. The van der Waals surface area contributed by atoms with Crippen LogP contribution in [0, 0.1) is 0 Å². The number of benzene rings is 1. The summed E-state index contributed by atoms with van der Waals surface area (Å²) in [6.07, 6.45) is -4.50. The molecule has 0 aromatic heterocycles. The van der Waals surface area contributed by atoms with Gasteiger partial charge >= 0.3 is 6.18 Å². The van der Waals surface area contributed by atoms with Crippen LogP contribution in [0.25, 0.3) is 0 Å². The summed E-state index contributed by atoms with van der Waals surface area (Å²) in [6, 6.07) is 2.81. The highest BCUT2D eigenvalue weighted by molar-refractivity contribution is 9.10. The first-order valence-corrected chi connectivity index (χ1v) is 5.52. The molecular weight excluding hydrogens is 303 g/mol. The fraction of sp³-hybridized carbons (Fsp3) is 0.400. The predicted molar refractivity (Wildman–Crippen MR) is 60.7 cm³/mol. The molecule has 1 aromatic rings. The third-order valence-electron chi connectivity index (χ3n) is 2.09. The number of aliphatic hydroxyl groups excluding tert-OH is 2. The van der Waals surface area contributed by atoms with E-state index in [-0.39, 0.29) is 5.69 Å². The third kappa shape index (κ3) is 3.86. The lowest BCUT2D eigenvalue weighted by Gasteiger charge is -2.19. The van der Waals surface area contributed by atoms with Crippen LogP contribution in [0.1, 0.15) is 5.56 Å². The molecule has 96 valence electrons. The molecule has 0 atom stereocenters. The van der Waals surface area contributed by atoms with Gasteiger partial charge in [-0.1, -0.05) is 15.9 Å². The van der Waals surface area contributed by atoms with Gasteiger partial charge in [0, 0.05) is 10.2 Å². The fourth-order valence-corrected chi connectivity index (χ4v) is 1.61. The van der Waals surface area contributed by atoms with Crippen molar-refractivity contribution in [2.24, 2.45) is 0 Å². The van der Waals surface area contributed by atoms with Gasteiger partial charge in [-0.25, -0.2) is 0 Å². The van der Waals surface area contributed by atoms with E-state index in [1.807, 2.05) is 0 Å². The first kappa shape index (κ1) is 14.3. The van der Waals surface area contributed by atoms with Gasteiger partial charge in [0.2, 0.25) is 0 Å². The van der Waals surface area contributed by atoms with E-state index < -0.39 is 31.0 Å². The number of hydrogen-bond acceptors (Lipinski definition) is 3. The zero-order valence-electron chi connectivity index (χ0n) is 8.63. The Labute approximate surface area is 104 Å². The van der Waals surface area contributed by atoms with Crippen LogP contribution in [0.4, 0.5) is 18.9 Å². The van der Waals surface area contributed by atoms with Gasteiger partial charge in [0.25, 0.3) is 0 Å². The van der Waals surface area contributed by atoms with E-state index in [2.05, 4.69) is 21.2 Å². The summed E-state index contributed by atoms with van der Waals surface area (Å²) in [5.74, 6) is 0. The number of alkyl halides is 3. The summed E-state index contributed by atoms with van der Waals surface area (Å²) in [6.45, 7) is -0.909. The second-order valence-electron chi connectivity index (χ2n) is 3.39. The van der Waals surface area contributed by atoms with Crippen molar-refractivity contribution in [3.63, 3.8) is 0 Å². The fourth-order valence-electron chi connectivity index (χ4n) is 1.25. The van der Waals surface area contributed by atoms with Crippen LogP contribution < -0.4 is 5.32 Å². The van der Waals surface area contributed by atoms with Crippen molar-refractivity contribution in [3.05, 3.63) is 28.2 Å². The number of aliphatic hydroxyl groups is 2. The summed E-state index contributed by atoms with van der Waals surface area (Å²) in [5, 5.41) is 20.1. The van der Waals surface area contributed by atoms with Gasteiger partial charge in [0.05, 0.1) is 24.8 Å². The minimum atomic E-state index is -4.50. The van der Waals surface area contributed by atoms with Crippen LogP contribution in [0.5, 0.6) is 0 Å². The Morgan fingerprint density at radius 2 is 1.82 bits per heavy atom. The Morgan fingerprint density at radius 3 is 2.29 bits per heavy atom. The molecule has 3 N–H and O–H groups in total. The molecule has 17 heavy (non-hydrogen) atoms. The van der Waals surface area contributed by atoms with Gasteiger partial charge in [-0.15, -0.1) is 0 Å². The highest BCUT2D eigenvalue weighted by Crippen LogP contribution is 2.36. The van der Waals surface area contributed by atoms with Crippen LogP contribution in [0.15, 0.2) is 22.7 Å². The molecule has 0 aliphatic heterocycles. The van der Waals surface area contributed by atoms with Crippen molar-refractivity contribution < 1.29 is 23.4 Å². The van der Waals surface area contributed by atoms with Crippen LogP contribution in [-0.2, 0) is 6.18 Å². The molecule has 0 heterocycles. The average molecular weight is 314 g/mol. The zero-order chi connectivity index (χ0) is 13.1. The molecule has 0 unspecified atom stereocenters. The summed E-state index contributed by atoms with van der Waals surface area (Å²) in [7, 11) is 0. The third-order valence-corrected chi connectivity index (χ3v) is 2.58. The first-order chi connectivity index (χ1) is 7.88. The maximum Gasteiger partial charge on any atom is 0.418 e. The van der Waals surface area contributed by atoms with Gasteiger partial charge in [0.1, 0.15) is 0 Å². The smallest absolute Gasteiger partial charge is 0.394 e. The normalized spacial score (nSPS) is 11.9. The van der Waals surface area contributed by atoms with E-state index in [1.54, 1.807) is 0 Å². The first-order valence-electron chi connectivity index (χ1n) is 4.73. The van der Waals surface area contributed by atoms with E-state index in [0.717, 1.165) is 6.07 Å². The maximum atomic E-state index is 12.7. The van der Waals surface area contributed by atoms with E-state index in [9.17, 15) is 13.2 Å². The zero-order valence-corrected chi connectivity index (χ0v) is 10.2. The largest absolute Gasteiger partial charge is 0.418 e. The minimum absolute atomic E-state index is 0.172. The van der Waals surface area contributed by atoms with E-state index in [4.69, 9.17) is 10.2 Å². The molecular formula is C10H11BrF3NO2. The van der Waals surface area contributed by atoms with E-state index in [1.165, 1.54) is 12.1 Å². The molecule has 0 fully saturated rings. The number of rotatable bonds is 4. The molecule has 0 aliphatic carbocycles. The number of halogens is 4. The molecule has 1 rings (SSSR count). The van der Waals surface area contributed by atoms with Crippen molar-refractivity contribution in [2.75, 3.05) is 18.5 Å². The minimum Gasteiger partial charge on any atom is -0.394 e. The Hall–Kier alpha value is -0.790. The Bertz CT molecular complexity index is 380. The molecule has 7 heteroatoms. The summed E-state index contributed by atoms with van der Waals surface area (Å²) in [5.41, 5.74) is -1.02. The lowest BCUT2D eigenvalue weighted by molar-refractivity contribution is -0.137. The van der Waals surface area contributed by atoms with Crippen molar-refractivity contribution in [1.29, 1.82) is 0 Å². The number of nitrogens with one attached hydrogen (secondary N) is 1. The van der Waals surface area contributed by atoms with Gasteiger partial charge < -0.3 is 15.5 Å². The van der Waals surface area contributed by atoms with Gasteiger partial charge in [-0.05, 0) is 18.2 Å². The predicted octanol–water partition coefficient (Wildman–Crippen LogP) is 2.23. The summed E-state index contributed by atoms with van der Waals surface area (Å²) >= 11 is 2.96. The topological polar surface area (TPSA) is 52.5 Å². The second kappa shape index (κ2) is 5.70. The molecule has 0 aliphatic rings. The Kier molecular flexibility index (Phi) is 4.79. The highest BCUT2D eigenvalue weighted by Gasteiger charge is 2.34. The van der Waals surface area contributed by atoms with Crippen molar-refractivity contribution in [2.45, 2.75) is 12.2 Å². The standard InChI is InChI=1S/C10H11BrF3NO2/c11-6-1-2-9(15-7(4-16)5-17)8(3-6)10(12,13)14/h1-3,7,15-17H,4-5H2. The van der Waals surface area contributed by atoms with E-state index in [0.29, 0.717) is 4.47 Å². The maximum absolute atomic E-state index is 12.7. The Morgan fingerprint density at radius 1 is 1.24 bits per heavy atom. The summed E-state index contributed by atoms with van der Waals surface area (Å²) in [4.78, 5) is 0. The van der Waals surface area contributed by atoms with Gasteiger partial charge in [-0.3, -0.25) is 0 Å². The van der Waals surface area contributed by atoms with Gasteiger partial charge in [-0.2, -0.15) is 13.2 Å². The quantitative estimate of drug-likeness (QED) is 0.799. The molecule has 0 saturated carbocycles. The van der Waals surface area contributed by atoms with Crippen LogP contribution >= 0.6 is 15.9 Å². The van der Waals surface area contributed by atoms with Crippen molar-refractivity contribution in [1.82, 2.24) is 0 Å². The van der Waals surface area contributed by atoms with Crippen molar-refractivity contribution >= 4 is 21.6 Å². The van der Waals surface area contributed by atoms with Gasteiger partial charge in [0.15, 0.2) is 0 Å². The van der Waals surface area contributed by atoms with Crippen molar-refractivity contribution in [3.8, 4) is 0 Å². The van der Waals surface area contributed by atoms with E-state index >= 15 is 0 Å². The SMILES string of the molecule is OCC(CO)Nc1ccc(Br)cc1C(F)(F)F. The monoisotopic (exact) mass is 313 g/mol. The summed E-state index contributed by atoms with van der Waals surface area (Å²) < 4.78 is 38.4. The average Bonchev–Trinajstić information content (AvgIpc) is 2.26. The molecule has 0 bridgehead atoms. The molecule has 3 nitrogen and oxygen atoms in total. The lowest BCUT2D eigenvalue weighted by Crippen LogP contribution is -2.28. The van der Waals surface area contributed by atoms with Crippen LogP contribution in [-0.4, -0.2) is 29.5 Å². The molecule has 0 saturated heterocycles. The number of hydrogen-bond donors (Lipinski definition) is 3. The molecule has 1 aromatic carbocycles. The van der Waals surface area contributed by atoms with Crippen LogP contribution in [0.2, 0.25) is 0 Å². The molecule has 0 amide bonds. The number of anilines is 1. The molecule has 0 spiro atoms. The van der Waals surface area contributed by atoms with Crippen LogP contribution in [0.3, 0.4) is 0 Å². The second-order valence-corrected chi connectivity index (χ2v) is 4.31. The highest BCUT2D eigenvalue weighted by atomic mass is 79.9. The lowest BCUT2D eigenvalue weighted by atomic mass is 10.1. The molecule has 0 radical (unpaired) electrons.